The van der Waals surface area contributed by atoms with Gasteiger partial charge in [-0.05, 0) is 123 Å². The van der Waals surface area contributed by atoms with E-state index < -0.39 is 0 Å². The fraction of sp³-hybridized carbons (Fsp3) is 0.0943. The zero-order chi connectivity index (χ0) is 36.9. The lowest BCUT2D eigenvalue weighted by Gasteiger charge is -2.29. The van der Waals surface area contributed by atoms with Crippen LogP contribution in [0.4, 0.5) is 17.1 Å². The first-order valence-electron chi connectivity index (χ1n) is 19.3. The van der Waals surface area contributed by atoms with E-state index in [4.69, 9.17) is 4.42 Å². The van der Waals surface area contributed by atoms with Crippen molar-refractivity contribution in [3.8, 4) is 33.4 Å². The number of fused-ring (bicyclic) bond motifs is 9. The molecule has 0 bridgehead atoms. The van der Waals surface area contributed by atoms with Crippen molar-refractivity contribution in [2.75, 3.05) is 4.90 Å². The van der Waals surface area contributed by atoms with Crippen LogP contribution in [0.1, 0.15) is 48.6 Å². The number of benzene rings is 8. The molecule has 2 nitrogen and oxygen atoms in total. The van der Waals surface area contributed by atoms with Crippen LogP contribution < -0.4 is 4.90 Å². The Morgan fingerprint density at radius 2 is 0.927 bits per heavy atom. The first-order valence-corrected chi connectivity index (χ1v) is 19.3. The molecule has 0 aliphatic heterocycles. The molecule has 0 spiro atoms. The highest BCUT2D eigenvalue weighted by Gasteiger charge is 2.42. The average Bonchev–Trinajstić information content (AvgIpc) is 3.82. The van der Waals surface area contributed by atoms with Gasteiger partial charge in [-0.3, -0.25) is 0 Å². The highest BCUT2D eigenvalue weighted by molar-refractivity contribution is 6.09. The summed E-state index contributed by atoms with van der Waals surface area (Å²) in [5.74, 6) is 0. The minimum atomic E-state index is -0.343. The van der Waals surface area contributed by atoms with Crippen molar-refractivity contribution in [3.05, 3.63) is 210 Å². The number of nitrogens with zero attached hydrogens (tertiary/aromatic N) is 1. The molecule has 0 unspecified atom stereocenters. The van der Waals surface area contributed by atoms with Crippen LogP contribution in [0.2, 0.25) is 0 Å². The minimum absolute atomic E-state index is 0.0380. The van der Waals surface area contributed by atoms with Gasteiger partial charge in [0.05, 0.1) is 0 Å². The number of hydrogen-bond donors (Lipinski definition) is 0. The summed E-state index contributed by atoms with van der Waals surface area (Å²) in [6, 6.07) is 66.5. The monoisotopic (exact) mass is 705 g/mol. The third-order valence-electron chi connectivity index (χ3n) is 12.6. The summed E-state index contributed by atoms with van der Waals surface area (Å²) < 4.78 is 6.63. The molecule has 2 aliphatic carbocycles. The van der Waals surface area contributed by atoms with Crippen molar-refractivity contribution in [2.45, 2.75) is 31.6 Å². The van der Waals surface area contributed by atoms with Crippen LogP contribution >= 0.6 is 0 Å². The zero-order valence-electron chi connectivity index (χ0n) is 31.2. The molecule has 8 aromatic carbocycles. The maximum Gasteiger partial charge on any atom is 0.135 e. The first-order chi connectivity index (χ1) is 26.9. The Bertz CT molecular complexity index is 2920. The zero-order valence-corrected chi connectivity index (χ0v) is 31.2. The van der Waals surface area contributed by atoms with Gasteiger partial charge in [0.25, 0.3) is 0 Å². The second-order valence-electron chi connectivity index (χ2n) is 15.8. The van der Waals surface area contributed by atoms with Crippen LogP contribution in [0.25, 0.3) is 55.3 Å². The number of anilines is 3. The largest absolute Gasteiger partial charge is 0.456 e. The van der Waals surface area contributed by atoms with Gasteiger partial charge in [-0.1, -0.05) is 141 Å². The molecule has 1 aromatic heterocycles. The third-order valence-corrected chi connectivity index (χ3v) is 12.6. The molecule has 55 heavy (non-hydrogen) atoms. The lowest BCUT2D eigenvalue weighted by atomic mass is 9.73. The van der Waals surface area contributed by atoms with E-state index in [2.05, 4.69) is 208 Å². The Labute approximate surface area is 322 Å². The van der Waals surface area contributed by atoms with E-state index in [1.165, 1.54) is 66.6 Å². The van der Waals surface area contributed by atoms with Crippen molar-refractivity contribution in [3.63, 3.8) is 0 Å². The molecule has 0 radical (unpaired) electrons. The van der Waals surface area contributed by atoms with Crippen LogP contribution in [0.5, 0.6) is 0 Å². The minimum Gasteiger partial charge on any atom is -0.456 e. The highest BCUT2D eigenvalue weighted by atomic mass is 16.3. The second-order valence-corrected chi connectivity index (χ2v) is 15.8. The van der Waals surface area contributed by atoms with E-state index >= 15 is 0 Å². The highest BCUT2D eigenvalue weighted by Crippen LogP contribution is 2.55. The first kappa shape index (κ1) is 31.8. The Kier molecular flexibility index (Phi) is 6.76. The average molecular weight is 706 g/mol. The predicted octanol–water partition coefficient (Wildman–Crippen LogP) is 14.4. The van der Waals surface area contributed by atoms with Gasteiger partial charge in [0.2, 0.25) is 0 Å². The van der Waals surface area contributed by atoms with Crippen LogP contribution in [0.3, 0.4) is 0 Å². The van der Waals surface area contributed by atoms with E-state index in [-0.39, 0.29) is 10.8 Å². The summed E-state index contributed by atoms with van der Waals surface area (Å²) in [6.45, 7) is 7.07. The molecule has 0 fully saturated rings. The Morgan fingerprint density at radius 1 is 0.382 bits per heavy atom. The van der Waals surface area contributed by atoms with Gasteiger partial charge in [0, 0.05) is 38.7 Å². The fourth-order valence-corrected chi connectivity index (χ4v) is 9.82. The number of hydrogen-bond acceptors (Lipinski definition) is 2. The summed E-state index contributed by atoms with van der Waals surface area (Å²) in [5.41, 5.74) is 19.2. The maximum atomic E-state index is 6.63. The summed E-state index contributed by atoms with van der Waals surface area (Å²) in [4.78, 5) is 2.36. The summed E-state index contributed by atoms with van der Waals surface area (Å²) in [6.07, 6.45) is 0. The molecule has 11 rings (SSSR count). The molecule has 2 aliphatic rings. The summed E-state index contributed by atoms with van der Waals surface area (Å²) in [5, 5.41) is 2.28. The molecule has 262 valence electrons. The van der Waals surface area contributed by atoms with Gasteiger partial charge in [-0.25, -0.2) is 0 Å². The van der Waals surface area contributed by atoms with Crippen molar-refractivity contribution >= 4 is 39.0 Å². The summed E-state index contributed by atoms with van der Waals surface area (Å²) in [7, 11) is 0. The molecule has 1 heterocycles. The Hall–Kier alpha value is -6.64. The van der Waals surface area contributed by atoms with E-state index in [0.29, 0.717) is 0 Å². The fourth-order valence-electron chi connectivity index (χ4n) is 9.82. The topological polar surface area (TPSA) is 16.4 Å². The van der Waals surface area contributed by atoms with Crippen LogP contribution in [0.15, 0.2) is 186 Å². The third kappa shape index (κ3) is 4.55. The molecule has 0 atom stereocenters. The van der Waals surface area contributed by atoms with Gasteiger partial charge < -0.3 is 9.32 Å². The predicted molar refractivity (Wildman–Crippen MR) is 229 cm³/mol. The Morgan fingerprint density at radius 3 is 1.64 bits per heavy atom. The van der Waals surface area contributed by atoms with E-state index in [1.807, 2.05) is 0 Å². The molecule has 0 saturated heterocycles. The van der Waals surface area contributed by atoms with Gasteiger partial charge in [0.15, 0.2) is 0 Å². The molecule has 0 N–H and O–H groups in total. The molecule has 9 aromatic rings. The van der Waals surface area contributed by atoms with E-state index in [9.17, 15) is 0 Å². The Balaban J connectivity index is 1.04. The SMILES string of the molecule is CC1(C)c2ccccc2-c2ccc(-c3ccc(N(c4ccccc4)c4ccc5oc6cccc(C7(C)c8ccccc8-c8ccccc87)c6c5c4)cc3)cc21. The second kappa shape index (κ2) is 11.7. The normalized spacial score (nSPS) is 14.4. The van der Waals surface area contributed by atoms with E-state index in [1.54, 1.807) is 0 Å². The maximum absolute atomic E-state index is 6.63. The number of para-hydroxylation sites is 1. The summed E-state index contributed by atoms with van der Waals surface area (Å²) >= 11 is 0. The van der Waals surface area contributed by atoms with Crippen LogP contribution in [-0.4, -0.2) is 0 Å². The van der Waals surface area contributed by atoms with Crippen molar-refractivity contribution in [2.24, 2.45) is 0 Å². The van der Waals surface area contributed by atoms with Crippen LogP contribution in [0, 0.1) is 0 Å². The molecule has 2 heteroatoms. The lowest BCUT2D eigenvalue weighted by molar-refractivity contribution is 0.660. The van der Waals surface area contributed by atoms with Crippen molar-refractivity contribution < 1.29 is 4.42 Å². The number of furan rings is 1. The van der Waals surface area contributed by atoms with Crippen molar-refractivity contribution in [1.82, 2.24) is 0 Å². The number of rotatable bonds is 5. The quantitative estimate of drug-likeness (QED) is 0.177. The molecular formula is C53H39NO. The molecule has 0 saturated carbocycles. The lowest BCUT2D eigenvalue weighted by Crippen LogP contribution is -2.22. The molecule has 0 amide bonds. The van der Waals surface area contributed by atoms with E-state index in [0.717, 1.165) is 33.6 Å². The standard InChI is InChI=1S/C53H39NO/c1-52(2)44-19-10-7-16-39(44)42-30-26-35(32-48(42)52)34-24-27-37(28-25-34)54(36-14-5-4-6-15-36)38-29-31-49-43(33-38)51-47(22-13-23-50(51)55-49)53(3)45-20-11-8-17-40(45)41-18-9-12-21-46(41)53/h4-33H,1-3H3. The van der Waals surface area contributed by atoms with Gasteiger partial charge in [-0.15, -0.1) is 0 Å². The molecular weight excluding hydrogens is 667 g/mol. The van der Waals surface area contributed by atoms with Gasteiger partial charge in [0.1, 0.15) is 11.2 Å². The van der Waals surface area contributed by atoms with Crippen LogP contribution in [-0.2, 0) is 10.8 Å². The smallest absolute Gasteiger partial charge is 0.135 e. The van der Waals surface area contributed by atoms with Gasteiger partial charge >= 0.3 is 0 Å². The van der Waals surface area contributed by atoms with Crippen molar-refractivity contribution in [1.29, 1.82) is 0 Å². The van der Waals surface area contributed by atoms with Gasteiger partial charge in [-0.2, -0.15) is 0 Å².